The van der Waals surface area contributed by atoms with Crippen molar-refractivity contribution in [2.45, 2.75) is 5.16 Å². The summed E-state index contributed by atoms with van der Waals surface area (Å²) < 4.78 is 10.9. The summed E-state index contributed by atoms with van der Waals surface area (Å²) in [5.41, 5.74) is 0.468. The number of benzene rings is 2. The van der Waals surface area contributed by atoms with Crippen LogP contribution in [0.5, 0.6) is 5.75 Å². The number of nitrogens with one attached hydrogen (secondary N) is 1. The normalized spacial score (nSPS) is 10.7. The molecule has 2 aromatic carbocycles. The number of hydrogen-bond acceptors (Lipinski definition) is 6. The fourth-order valence-corrected chi connectivity index (χ4v) is 3.06. The number of rotatable bonds is 6. The average Bonchev–Trinajstić information content (AvgIpc) is 2.67. The molecular formula is C19H17N3O3S. The van der Waals surface area contributed by atoms with Gasteiger partial charge in [0.1, 0.15) is 29.7 Å². The molecule has 1 N–H and O–H groups in total. The van der Waals surface area contributed by atoms with Gasteiger partial charge < -0.3 is 14.5 Å². The monoisotopic (exact) mass is 367 g/mol. The highest BCUT2D eigenvalue weighted by Crippen LogP contribution is 2.37. The number of ether oxygens (including phenoxy) is 2. The van der Waals surface area contributed by atoms with Crippen LogP contribution in [0.3, 0.4) is 0 Å². The molecular weight excluding hydrogens is 350 g/mol. The summed E-state index contributed by atoms with van der Waals surface area (Å²) in [6, 6.07) is 13.5. The molecule has 132 valence electrons. The zero-order chi connectivity index (χ0) is 18.5. The number of H-pyrrole nitrogens is 1. The Hall–Kier alpha value is -2.82. The minimum absolute atomic E-state index is 0.0317. The molecule has 0 amide bonds. The summed E-state index contributed by atoms with van der Waals surface area (Å²) in [5, 5.41) is 11.8. The highest BCUT2D eigenvalue weighted by Gasteiger charge is 2.19. The van der Waals surface area contributed by atoms with Gasteiger partial charge >= 0.3 is 0 Å². The third-order valence-corrected chi connectivity index (χ3v) is 4.46. The number of aromatic nitrogens is 2. The van der Waals surface area contributed by atoms with Crippen molar-refractivity contribution in [3.8, 4) is 23.1 Å². The van der Waals surface area contributed by atoms with E-state index >= 15 is 0 Å². The summed E-state index contributed by atoms with van der Waals surface area (Å²) >= 11 is 1.31. The lowest BCUT2D eigenvalue weighted by molar-refractivity contribution is 0.146. The van der Waals surface area contributed by atoms with E-state index in [0.29, 0.717) is 35.4 Å². The van der Waals surface area contributed by atoms with Crippen molar-refractivity contribution in [2.75, 3.05) is 26.6 Å². The van der Waals surface area contributed by atoms with Crippen molar-refractivity contribution in [2.24, 2.45) is 0 Å². The molecule has 0 spiro atoms. The van der Waals surface area contributed by atoms with Gasteiger partial charge in [0, 0.05) is 7.11 Å². The maximum Gasteiger partial charge on any atom is 0.270 e. The van der Waals surface area contributed by atoms with Gasteiger partial charge in [-0.3, -0.25) is 4.79 Å². The molecule has 6 nitrogen and oxygen atoms in total. The lowest BCUT2D eigenvalue weighted by Gasteiger charge is -2.15. The second-order valence-corrected chi connectivity index (χ2v) is 6.21. The van der Waals surface area contributed by atoms with E-state index in [9.17, 15) is 10.1 Å². The number of nitrogens with zero attached hydrogens (tertiary/aromatic N) is 2. The third kappa shape index (κ3) is 3.43. The van der Waals surface area contributed by atoms with Crippen molar-refractivity contribution in [3.63, 3.8) is 0 Å². The first-order chi connectivity index (χ1) is 12.7. The topological polar surface area (TPSA) is 88.0 Å². The summed E-state index contributed by atoms with van der Waals surface area (Å²) in [7, 11) is 1.60. The van der Waals surface area contributed by atoms with Gasteiger partial charge in [-0.25, -0.2) is 4.98 Å². The van der Waals surface area contributed by atoms with E-state index in [1.165, 1.54) is 11.8 Å². The first kappa shape index (κ1) is 18.0. The Labute approximate surface area is 154 Å². The molecule has 0 saturated carbocycles. The van der Waals surface area contributed by atoms with Crippen LogP contribution in [0.15, 0.2) is 46.3 Å². The van der Waals surface area contributed by atoms with E-state index in [2.05, 4.69) is 9.97 Å². The molecule has 0 unspecified atom stereocenters. The molecule has 1 aromatic heterocycles. The Morgan fingerprint density at radius 1 is 1.23 bits per heavy atom. The second kappa shape index (κ2) is 8.04. The van der Waals surface area contributed by atoms with Crippen molar-refractivity contribution < 1.29 is 9.47 Å². The number of thioether (sulfide) groups is 1. The van der Waals surface area contributed by atoms with E-state index in [1.54, 1.807) is 7.11 Å². The molecule has 0 bridgehead atoms. The lowest BCUT2D eigenvalue weighted by atomic mass is 9.98. The SMILES string of the molecule is COCCOc1ccc2ccccc2c1-c1nc(SC)[nH]c(=O)c1C#N. The first-order valence-electron chi connectivity index (χ1n) is 7.92. The molecule has 3 rings (SSSR count). The van der Waals surface area contributed by atoms with Gasteiger partial charge in [0.25, 0.3) is 5.56 Å². The van der Waals surface area contributed by atoms with Crippen LogP contribution in [0.2, 0.25) is 0 Å². The Bertz CT molecular complexity index is 1040. The number of hydrogen-bond donors (Lipinski definition) is 1. The number of methoxy groups -OCH3 is 1. The number of nitriles is 1. The van der Waals surface area contributed by atoms with Gasteiger partial charge in [-0.05, 0) is 23.1 Å². The first-order valence-corrected chi connectivity index (χ1v) is 9.14. The van der Waals surface area contributed by atoms with Crippen LogP contribution < -0.4 is 10.3 Å². The maximum atomic E-state index is 12.3. The van der Waals surface area contributed by atoms with Crippen LogP contribution in [0, 0.1) is 11.3 Å². The van der Waals surface area contributed by atoms with Crippen molar-refractivity contribution in [3.05, 3.63) is 52.3 Å². The number of aromatic amines is 1. The minimum Gasteiger partial charge on any atom is -0.490 e. The van der Waals surface area contributed by atoms with Crippen LogP contribution in [0.4, 0.5) is 0 Å². The van der Waals surface area contributed by atoms with E-state index < -0.39 is 5.56 Å². The highest BCUT2D eigenvalue weighted by molar-refractivity contribution is 7.98. The van der Waals surface area contributed by atoms with Crippen LogP contribution in [0.25, 0.3) is 22.0 Å². The van der Waals surface area contributed by atoms with Crippen LogP contribution >= 0.6 is 11.8 Å². The number of fused-ring (bicyclic) bond motifs is 1. The van der Waals surface area contributed by atoms with Crippen molar-refractivity contribution in [1.29, 1.82) is 5.26 Å². The van der Waals surface area contributed by atoms with Gasteiger partial charge in [-0.15, -0.1) is 0 Å². The minimum atomic E-state index is -0.461. The highest BCUT2D eigenvalue weighted by atomic mass is 32.2. The van der Waals surface area contributed by atoms with Gasteiger partial charge in [-0.1, -0.05) is 42.1 Å². The molecule has 0 atom stereocenters. The summed E-state index contributed by atoms with van der Waals surface area (Å²) in [5.74, 6) is 0.558. The Morgan fingerprint density at radius 3 is 2.77 bits per heavy atom. The smallest absolute Gasteiger partial charge is 0.270 e. The van der Waals surface area contributed by atoms with Crippen LogP contribution in [-0.2, 0) is 4.74 Å². The van der Waals surface area contributed by atoms with Crippen molar-refractivity contribution >= 4 is 22.5 Å². The van der Waals surface area contributed by atoms with Crippen molar-refractivity contribution in [1.82, 2.24) is 9.97 Å². The zero-order valence-corrected chi connectivity index (χ0v) is 15.2. The molecule has 0 aliphatic carbocycles. The molecule has 3 aromatic rings. The quantitative estimate of drug-likeness (QED) is 0.409. The van der Waals surface area contributed by atoms with Gasteiger partial charge in [0.15, 0.2) is 5.16 Å². The molecule has 1 heterocycles. The zero-order valence-electron chi connectivity index (χ0n) is 14.4. The van der Waals surface area contributed by atoms with E-state index in [-0.39, 0.29) is 5.56 Å². The van der Waals surface area contributed by atoms with Crippen LogP contribution in [0.1, 0.15) is 5.56 Å². The largest absolute Gasteiger partial charge is 0.490 e. The standard InChI is InChI=1S/C19H17N3O3S/c1-24-9-10-25-15-8-7-12-5-3-4-6-13(12)16(15)17-14(11-20)18(23)22-19(21-17)26-2/h3-8H,9-10H2,1-2H3,(H,21,22,23). The fraction of sp³-hybridized carbons (Fsp3) is 0.211. The molecule has 0 aliphatic heterocycles. The van der Waals surface area contributed by atoms with E-state index in [0.717, 1.165) is 10.8 Å². The lowest BCUT2D eigenvalue weighted by Crippen LogP contribution is -2.15. The molecule has 26 heavy (non-hydrogen) atoms. The maximum absolute atomic E-state index is 12.3. The van der Waals surface area contributed by atoms with E-state index in [4.69, 9.17) is 9.47 Å². The molecule has 7 heteroatoms. The fourth-order valence-electron chi connectivity index (χ4n) is 2.68. The second-order valence-electron chi connectivity index (χ2n) is 5.41. The summed E-state index contributed by atoms with van der Waals surface area (Å²) in [6.45, 7) is 0.776. The molecule has 0 aliphatic rings. The molecule has 0 saturated heterocycles. The average molecular weight is 367 g/mol. The van der Waals surface area contributed by atoms with Gasteiger partial charge in [0.05, 0.1) is 12.2 Å². The van der Waals surface area contributed by atoms with Gasteiger partial charge in [-0.2, -0.15) is 5.26 Å². The third-order valence-electron chi connectivity index (χ3n) is 3.88. The van der Waals surface area contributed by atoms with Crippen LogP contribution in [-0.4, -0.2) is 36.5 Å². The molecule has 0 fully saturated rings. The predicted octanol–water partition coefficient (Wildman–Crippen LogP) is 3.21. The molecule has 0 radical (unpaired) electrons. The Kier molecular flexibility index (Phi) is 5.56. The van der Waals surface area contributed by atoms with Gasteiger partial charge in [0.2, 0.25) is 0 Å². The Balaban J connectivity index is 2.32. The Morgan fingerprint density at radius 2 is 2.04 bits per heavy atom. The van der Waals surface area contributed by atoms with E-state index in [1.807, 2.05) is 48.7 Å². The summed E-state index contributed by atoms with van der Waals surface area (Å²) in [4.78, 5) is 19.5. The predicted molar refractivity (Wildman–Crippen MR) is 102 cm³/mol. The summed E-state index contributed by atoms with van der Waals surface area (Å²) in [6.07, 6.45) is 1.81.